The lowest BCUT2D eigenvalue weighted by Crippen LogP contribution is -2.06. The van der Waals surface area contributed by atoms with Crippen LogP contribution in [0.4, 0.5) is 0 Å². The average molecular weight is 336 g/mol. The Morgan fingerprint density at radius 3 is 2.12 bits per heavy atom. The Labute approximate surface area is 154 Å². The molecular weight excluding hydrogens is 316 g/mol. The van der Waals surface area contributed by atoms with Crippen LogP contribution in [0.5, 0.6) is 0 Å². The molecule has 0 aliphatic carbocycles. The van der Waals surface area contributed by atoms with Gasteiger partial charge in [-0.1, -0.05) is 85.5 Å². The molecule has 3 rings (SSSR count). The van der Waals surface area contributed by atoms with Crippen molar-refractivity contribution in [3.05, 3.63) is 103 Å². The summed E-state index contributed by atoms with van der Waals surface area (Å²) < 4.78 is 0. The quantitative estimate of drug-likeness (QED) is 0.482. The van der Waals surface area contributed by atoms with E-state index in [-0.39, 0.29) is 0 Å². The molecule has 0 aliphatic heterocycles. The normalized spacial score (nSPS) is 11.2. The van der Waals surface area contributed by atoms with Gasteiger partial charge in [0.1, 0.15) is 11.8 Å². The van der Waals surface area contributed by atoms with Gasteiger partial charge in [0.2, 0.25) is 0 Å². The molecule has 3 aromatic rings. The third kappa shape index (κ3) is 3.43. The molecule has 2 nitrogen and oxygen atoms in total. The van der Waals surface area contributed by atoms with Gasteiger partial charge in [0.15, 0.2) is 0 Å². The molecule has 26 heavy (non-hydrogen) atoms. The van der Waals surface area contributed by atoms with Crippen LogP contribution < -0.4 is 5.32 Å². The highest BCUT2D eigenvalue weighted by atomic mass is 14.8. The van der Waals surface area contributed by atoms with Gasteiger partial charge in [-0.2, -0.15) is 5.26 Å². The number of hydrogen-bond acceptors (Lipinski definition) is 2. The van der Waals surface area contributed by atoms with Crippen LogP contribution in [0.15, 0.2) is 97.2 Å². The first-order valence-electron chi connectivity index (χ1n) is 8.48. The topological polar surface area (TPSA) is 35.8 Å². The lowest BCUT2D eigenvalue weighted by Gasteiger charge is -2.12. The fourth-order valence-corrected chi connectivity index (χ4v) is 3.07. The highest BCUT2D eigenvalue weighted by Gasteiger charge is 2.10. The van der Waals surface area contributed by atoms with Crippen molar-refractivity contribution in [3.8, 4) is 28.3 Å². The maximum Gasteiger partial charge on any atom is 0.121 e. The van der Waals surface area contributed by atoms with Gasteiger partial charge in [-0.05, 0) is 33.9 Å². The Morgan fingerprint density at radius 2 is 1.50 bits per heavy atom. The molecule has 126 valence electrons. The first kappa shape index (κ1) is 17.3. The zero-order valence-corrected chi connectivity index (χ0v) is 14.7. The summed E-state index contributed by atoms with van der Waals surface area (Å²) >= 11 is 0. The lowest BCUT2D eigenvalue weighted by atomic mass is 9.92. The van der Waals surface area contributed by atoms with Gasteiger partial charge in [-0.3, -0.25) is 0 Å². The number of rotatable bonds is 5. The van der Waals surface area contributed by atoms with E-state index in [9.17, 15) is 5.26 Å². The highest BCUT2D eigenvalue weighted by molar-refractivity contribution is 5.86. The minimum absolute atomic E-state index is 0.508. The monoisotopic (exact) mass is 336 g/mol. The third-order valence-electron chi connectivity index (χ3n) is 4.33. The molecule has 0 atom stereocenters. The van der Waals surface area contributed by atoms with E-state index in [1.54, 1.807) is 13.1 Å². The molecule has 3 aromatic carbocycles. The summed E-state index contributed by atoms with van der Waals surface area (Å²) in [6.45, 7) is 3.87. The molecule has 1 N–H and O–H groups in total. The first-order chi connectivity index (χ1) is 12.8. The fourth-order valence-electron chi connectivity index (χ4n) is 3.07. The van der Waals surface area contributed by atoms with Crippen LogP contribution in [0.25, 0.3) is 27.8 Å². The van der Waals surface area contributed by atoms with Gasteiger partial charge < -0.3 is 5.32 Å². The summed E-state index contributed by atoms with van der Waals surface area (Å²) in [5.41, 5.74) is 6.90. The number of benzene rings is 3. The summed E-state index contributed by atoms with van der Waals surface area (Å²) in [6.07, 6.45) is 1.72. The van der Waals surface area contributed by atoms with Crippen LogP contribution in [0, 0.1) is 11.3 Å². The zero-order valence-electron chi connectivity index (χ0n) is 14.7. The molecule has 0 unspecified atom stereocenters. The van der Waals surface area contributed by atoms with Gasteiger partial charge in [0.05, 0.1) is 0 Å². The number of hydrogen-bond donors (Lipinski definition) is 1. The summed E-state index contributed by atoms with van der Waals surface area (Å²) in [6, 6.07) is 29.1. The molecular formula is C24H20N2. The molecule has 0 amide bonds. The van der Waals surface area contributed by atoms with Gasteiger partial charge in [0.25, 0.3) is 0 Å². The predicted molar refractivity (Wildman–Crippen MR) is 109 cm³/mol. The van der Waals surface area contributed by atoms with Crippen LogP contribution in [-0.2, 0) is 0 Å². The molecule has 0 spiro atoms. The molecule has 0 aromatic heterocycles. The fraction of sp³-hybridized carbons (Fsp3) is 0.0417. The average Bonchev–Trinajstić information content (AvgIpc) is 2.72. The SMILES string of the molecule is C=C/C(=C(/C#N)NC)c1cccc(-c2ccccc2-c2ccccc2)c1. The van der Waals surface area contributed by atoms with Crippen molar-refractivity contribution >= 4 is 5.57 Å². The maximum atomic E-state index is 9.35. The Kier molecular flexibility index (Phi) is 5.31. The van der Waals surface area contributed by atoms with E-state index in [0.717, 1.165) is 22.3 Å². The standard InChI is InChI=1S/C24H20N2/c1-3-21(24(17-25)26-2)19-12-9-13-20(16-19)23-15-8-7-14-22(23)18-10-5-4-6-11-18/h3-16,26H,1H2,2H3/b24-21+. The predicted octanol–water partition coefficient (Wildman–Crippen LogP) is 5.66. The molecule has 0 radical (unpaired) electrons. The second-order valence-corrected chi connectivity index (χ2v) is 5.85. The van der Waals surface area contributed by atoms with Crippen molar-refractivity contribution in [3.63, 3.8) is 0 Å². The summed E-state index contributed by atoms with van der Waals surface area (Å²) in [5, 5.41) is 12.3. The Balaban J connectivity index is 2.15. The number of nitriles is 1. The van der Waals surface area contributed by atoms with Gasteiger partial charge >= 0.3 is 0 Å². The van der Waals surface area contributed by atoms with Crippen molar-refractivity contribution in [1.29, 1.82) is 5.26 Å². The van der Waals surface area contributed by atoms with Crippen LogP contribution in [-0.4, -0.2) is 7.05 Å². The first-order valence-corrected chi connectivity index (χ1v) is 8.48. The second-order valence-electron chi connectivity index (χ2n) is 5.85. The molecule has 2 heteroatoms. The van der Waals surface area contributed by atoms with Crippen LogP contribution in [0.3, 0.4) is 0 Å². The summed E-state index contributed by atoms with van der Waals surface area (Å²) in [5.74, 6) is 0. The number of nitrogens with zero attached hydrogens (tertiary/aromatic N) is 1. The minimum atomic E-state index is 0.508. The van der Waals surface area contributed by atoms with Crippen molar-refractivity contribution in [2.24, 2.45) is 0 Å². The summed E-state index contributed by atoms with van der Waals surface area (Å²) in [4.78, 5) is 0. The third-order valence-corrected chi connectivity index (χ3v) is 4.33. The van der Waals surface area contributed by atoms with E-state index in [1.807, 2.05) is 36.4 Å². The van der Waals surface area contributed by atoms with Crippen LogP contribution in [0.2, 0.25) is 0 Å². The molecule has 0 aliphatic rings. The Hall–Kier alpha value is -3.57. The smallest absolute Gasteiger partial charge is 0.121 e. The van der Waals surface area contributed by atoms with Gasteiger partial charge in [-0.25, -0.2) is 0 Å². The molecule has 0 bridgehead atoms. The largest absolute Gasteiger partial charge is 0.379 e. The maximum absolute atomic E-state index is 9.35. The zero-order chi connectivity index (χ0) is 18.4. The van der Waals surface area contributed by atoms with Crippen molar-refractivity contribution in [1.82, 2.24) is 5.32 Å². The highest BCUT2D eigenvalue weighted by Crippen LogP contribution is 2.33. The molecule has 0 saturated heterocycles. The number of allylic oxidation sites excluding steroid dienone is 3. The molecule has 0 saturated carbocycles. The van der Waals surface area contributed by atoms with E-state index in [0.29, 0.717) is 5.70 Å². The van der Waals surface area contributed by atoms with Crippen LogP contribution in [0.1, 0.15) is 5.56 Å². The van der Waals surface area contributed by atoms with Crippen molar-refractivity contribution in [2.45, 2.75) is 0 Å². The summed E-state index contributed by atoms with van der Waals surface area (Å²) in [7, 11) is 1.75. The van der Waals surface area contributed by atoms with Crippen LogP contribution >= 0.6 is 0 Å². The van der Waals surface area contributed by atoms with Gasteiger partial charge in [0, 0.05) is 12.6 Å². The Bertz CT molecular complexity index is 992. The van der Waals surface area contributed by atoms with E-state index in [4.69, 9.17) is 0 Å². The van der Waals surface area contributed by atoms with Gasteiger partial charge in [-0.15, -0.1) is 0 Å². The Morgan fingerprint density at radius 1 is 0.885 bits per heavy atom. The lowest BCUT2D eigenvalue weighted by molar-refractivity contribution is 1.04. The minimum Gasteiger partial charge on any atom is -0.379 e. The van der Waals surface area contributed by atoms with E-state index in [1.165, 1.54) is 11.1 Å². The molecule has 0 fully saturated rings. The van der Waals surface area contributed by atoms with E-state index >= 15 is 0 Å². The van der Waals surface area contributed by atoms with E-state index < -0.39 is 0 Å². The van der Waals surface area contributed by atoms with E-state index in [2.05, 4.69) is 60.4 Å². The van der Waals surface area contributed by atoms with Crippen molar-refractivity contribution in [2.75, 3.05) is 7.05 Å². The van der Waals surface area contributed by atoms with Crippen molar-refractivity contribution < 1.29 is 0 Å². The number of nitrogens with one attached hydrogen (secondary N) is 1. The molecule has 0 heterocycles. The second kappa shape index (κ2) is 8.00.